The predicted octanol–water partition coefficient (Wildman–Crippen LogP) is 3.49. The summed E-state index contributed by atoms with van der Waals surface area (Å²) in [6.07, 6.45) is 0. The lowest BCUT2D eigenvalue weighted by atomic mass is 10.3. The third-order valence-electron chi connectivity index (χ3n) is 5.10. The molecule has 2 heterocycles. The summed E-state index contributed by atoms with van der Waals surface area (Å²) < 4.78 is 38.8. The number of rotatable bonds is 7. The first-order chi connectivity index (χ1) is 15.5. The van der Waals surface area contributed by atoms with E-state index < -0.39 is 10.0 Å². The molecule has 8 nitrogen and oxygen atoms in total. The number of aromatic nitrogens is 2. The maximum Gasteiger partial charge on any atom is 0.243 e. The van der Waals surface area contributed by atoms with Gasteiger partial charge in [0.05, 0.1) is 11.5 Å². The molecule has 0 radical (unpaired) electrons. The molecule has 0 spiro atoms. The molecule has 168 valence electrons. The number of para-hydroxylation sites is 1. The van der Waals surface area contributed by atoms with E-state index in [9.17, 15) is 8.42 Å². The molecule has 2 aromatic carbocycles. The third-order valence-corrected chi connectivity index (χ3v) is 7.01. The molecular formula is C23H26N4O4S. The Morgan fingerprint density at radius 2 is 1.59 bits per heavy atom. The summed E-state index contributed by atoms with van der Waals surface area (Å²) in [5.74, 6) is 3.13. The highest BCUT2D eigenvalue weighted by atomic mass is 32.2. The second-order valence-electron chi connectivity index (χ2n) is 7.32. The minimum Gasteiger partial charge on any atom is -0.494 e. The van der Waals surface area contributed by atoms with Crippen molar-refractivity contribution in [1.82, 2.24) is 14.3 Å². The van der Waals surface area contributed by atoms with E-state index >= 15 is 0 Å². The number of sulfonamides is 1. The van der Waals surface area contributed by atoms with Crippen molar-refractivity contribution in [2.45, 2.75) is 18.7 Å². The van der Waals surface area contributed by atoms with Gasteiger partial charge in [-0.3, -0.25) is 0 Å². The maximum absolute atomic E-state index is 13.0. The molecule has 0 amide bonds. The average molecular weight is 455 g/mol. The SMILES string of the molecule is CCOc1ccc(S(=O)(=O)N2CCN(c3cc(Oc4ccccc4)nc(C)n3)CC2)cc1. The van der Waals surface area contributed by atoms with Crippen LogP contribution in [0.4, 0.5) is 5.82 Å². The smallest absolute Gasteiger partial charge is 0.243 e. The lowest BCUT2D eigenvalue weighted by molar-refractivity contribution is 0.340. The minimum absolute atomic E-state index is 0.269. The van der Waals surface area contributed by atoms with Crippen molar-refractivity contribution in [2.75, 3.05) is 37.7 Å². The predicted molar refractivity (Wildman–Crippen MR) is 122 cm³/mol. The molecule has 9 heteroatoms. The standard InChI is InChI=1S/C23H26N4O4S/c1-3-30-19-9-11-21(12-10-19)32(28,29)27-15-13-26(14-16-27)22-17-23(25-18(2)24-22)31-20-7-5-4-6-8-20/h4-12,17H,3,13-16H2,1-2H3. The van der Waals surface area contributed by atoms with Crippen LogP contribution in [-0.2, 0) is 10.0 Å². The number of aryl methyl sites for hydroxylation is 1. The van der Waals surface area contributed by atoms with Gasteiger partial charge in [-0.2, -0.15) is 9.29 Å². The van der Waals surface area contributed by atoms with Gasteiger partial charge in [0.25, 0.3) is 0 Å². The van der Waals surface area contributed by atoms with E-state index in [-0.39, 0.29) is 4.90 Å². The summed E-state index contributed by atoms with van der Waals surface area (Å²) in [5.41, 5.74) is 0. The fraction of sp³-hybridized carbons (Fsp3) is 0.304. The van der Waals surface area contributed by atoms with Crippen LogP contribution in [0.15, 0.2) is 65.6 Å². The number of nitrogens with zero attached hydrogens (tertiary/aromatic N) is 4. The van der Waals surface area contributed by atoms with E-state index in [2.05, 4.69) is 14.9 Å². The second kappa shape index (κ2) is 9.54. The Labute approximate surface area is 188 Å². The molecule has 1 aliphatic rings. The van der Waals surface area contributed by atoms with Crippen LogP contribution in [0, 0.1) is 6.92 Å². The van der Waals surface area contributed by atoms with Gasteiger partial charge in [0.2, 0.25) is 15.9 Å². The summed E-state index contributed by atoms with van der Waals surface area (Å²) in [5, 5.41) is 0. The highest BCUT2D eigenvalue weighted by Gasteiger charge is 2.29. The first-order valence-electron chi connectivity index (χ1n) is 10.5. The fourth-order valence-electron chi connectivity index (χ4n) is 3.53. The van der Waals surface area contributed by atoms with Gasteiger partial charge in [0.1, 0.15) is 23.1 Å². The molecule has 1 fully saturated rings. The van der Waals surface area contributed by atoms with E-state index in [0.29, 0.717) is 56.0 Å². The number of piperazine rings is 1. The van der Waals surface area contributed by atoms with Gasteiger partial charge in [-0.05, 0) is 50.2 Å². The van der Waals surface area contributed by atoms with Crippen molar-refractivity contribution in [1.29, 1.82) is 0 Å². The molecule has 0 saturated carbocycles. The van der Waals surface area contributed by atoms with E-state index in [1.54, 1.807) is 30.3 Å². The number of anilines is 1. The van der Waals surface area contributed by atoms with Crippen molar-refractivity contribution in [3.8, 4) is 17.4 Å². The summed E-state index contributed by atoms with van der Waals surface area (Å²) in [6.45, 7) is 6.03. The minimum atomic E-state index is -3.56. The molecule has 3 aromatic rings. The third kappa shape index (κ3) is 5.00. The molecule has 0 atom stereocenters. The second-order valence-corrected chi connectivity index (χ2v) is 9.26. The molecule has 4 rings (SSSR count). The molecule has 0 aliphatic carbocycles. The van der Waals surface area contributed by atoms with Gasteiger partial charge >= 0.3 is 0 Å². The van der Waals surface area contributed by atoms with Gasteiger partial charge in [0.15, 0.2) is 0 Å². The van der Waals surface area contributed by atoms with E-state index in [1.165, 1.54) is 4.31 Å². The van der Waals surface area contributed by atoms with E-state index in [1.807, 2.05) is 44.2 Å². The van der Waals surface area contributed by atoms with Crippen LogP contribution in [-0.4, -0.2) is 55.5 Å². The fourth-order valence-corrected chi connectivity index (χ4v) is 4.95. The van der Waals surface area contributed by atoms with Gasteiger partial charge in [-0.1, -0.05) is 18.2 Å². The zero-order valence-electron chi connectivity index (χ0n) is 18.1. The lowest BCUT2D eigenvalue weighted by Crippen LogP contribution is -2.49. The van der Waals surface area contributed by atoms with Crippen LogP contribution in [0.3, 0.4) is 0 Å². The molecule has 0 N–H and O–H groups in total. The van der Waals surface area contributed by atoms with E-state index in [4.69, 9.17) is 9.47 Å². The summed E-state index contributed by atoms with van der Waals surface area (Å²) in [6, 6.07) is 17.8. The van der Waals surface area contributed by atoms with Gasteiger partial charge in [0, 0.05) is 32.2 Å². The normalized spacial score (nSPS) is 14.9. The summed E-state index contributed by atoms with van der Waals surface area (Å²) >= 11 is 0. The first kappa shape index (κ1) is 22.0. The zero-order chi connectivity index (χ0) is 22.6. The number of hydrogen-bond donors (Lipinski definition) is 0. The lowest BCUT2D eigenvalue weighted by Gasteiger charge is -2.34. The van der Waals surface area contributed by atoms with Crippen molar-refractivity contribution in [3.63, 3.8) is 0 Å². The quantitative estimate of drug-likeness (QED) is 0.540. The van der Waals surface area contributed by atoms with Crippen LogP contribution < -0.4 is 14.4 Å². The Bertz CT molecular complexity index is 1150. The first-order valence-corrected chi connectivity index (χ1v) is 12.0. The molecule has 0 bridgehead atoms. The molecule has 0 unspecified atom stereocenters. The Kier molecular flexibility index (Phi) is 6.57. The highest BCUT2D eigenvalue weighted by Crippen LogP contribution is 2.25. The Morgan fingerprint density at radius 1 is 0.906 bits per heavy atom. The molecular weight excluding hydrogens is 428 g/mol. The Morgan fingerprint density at radius 3 is 2.25 bits per heavy atom. The van der Waals surface area contributed by atoms with Crippen LogP contribution >= 0.6 is 0 Å². The van der Waals surface area contributed by atoms with Crippen LogP contribution in [0.25, 0.3) is 0 Å². The van der Waals surface area contributed by atoms with Crippen molar-refractivity contribution < 1.29 is 17.9 Å². The number of ether oxygens (including phenoxy) is 2. The largest absolute Gasteiger partial charge is 0.494 e. The van der Waals surface area contributed by atoms with Crippen LogP contribution in [0.2, 0.25) is 0 Å². The molecule has 1 aromatic heterocycles. The molecule has 1 aliphatic heterocycles. The summed E-state index contributed by atoms with van der Waals surface area (Å²) in [4.78, 5) is 11.2. The maximum atomic E-state index is 13.0. The summed E-state index contributed by atoms with van der Waals surface area (Å²) in [7, 11) is -3.56. The number of benzene rings is 2. The molecule has 1 saturated heterocycles. The Balaban J connectivity index is 1.44. The van der Waals surface area contributed by atoms with Gasteiger partial charge in [-0.25, -0.2) is 13.4 Å². The van der Waals surface area contributed by atoms with Crippen molar-refractivity contribution in [2.24, 2.45) is 0 Å². The molecule has 32 heavy (non-hydrogen) atoms. The van der Waals surface area contributed by atoms with Gasteiger partial charge in [-0.15, -0.1) is 0 Å². The zero-order valence-corrected chi connectivity index (χ0v) is 19.0. The van der Waals surface area contributed by atoms with Crippen LogP contribution in [0.1, 0.15) is 12.7 Å². The topological polar surface area (TPSA) is 84.9 Å². The highest BCUT2D eigenvalue weighted by molar-refractivity contribution is 7.89. The van der Waals surface area contributed by atoms with Gasteiger partial charge < -0.3 is 14.4 Å². The van der Waals surface area contributed by atoms with Crippen molar-refractivity contribution >= 4 is 15.8 Å². The van der Waals surface area contributed by atoms with E-state index in [0.717, 1.165) is 5.82 Å². The number of hydrogen-bond acceptors (Lipinski definition) is 7. The van der Waals surface area contributed by atoms with Crippen LogP contribution in [0.5, 0.6) is 17.4 Å². The monoisotopic (exact) mass is 454 g/mol. The Hall–Kier alpha value is -3.17. The average Bonchev–Trinajstić information content (AvgIpc) is 2.80. The van der Waals surface area contributed by atoms with Crippen molar-refractivity contribution in [3.05, 3.63) is 66.5 Å².